The van der Waals surface area contributed by atoms with E-state index in [-0.39, 0.29) is 0 Å². The summed E-state index contributed by atoms with van der Waals surface area (Å²) in [4.78, 5) is 0. The molecule has 0 fully saturated rings. The van der Waals surface area contributed by atoms with Crippen LogP contribution >= 0.6 is 0 Å². The van der Waals surface area contributed by atoms with Crippen LogP contribution in [0.2, 0.25) is 0 Å². The van der Waals surface area contributed by atoms with Gasteiger partial charge in [0.15, 0.2) is 0 Å². The maximum absolute atomic E-state index is 3.83. The van der Waals surface area contributed by atoms with Crippen molar-refractivity contribution in [3.05, 3.63) is 29.8 Å². The summed E-state index contributed by atoms with van der Waals surface area (Å²) in [6.45, 7) is 11.9. The number of nitrogens with one attached hydrogen (secondary N) is 1. The zero-order valence-electron chi connectivity index (χ0n) is 16.0. The predicted molar refractivity (Wildman–Crippen MR) is 103 cm³/mol. The summed E-state index contributed by atoms with van der Waals surface area (Å²) < 4.78 is 0. The first-order chi connectivity index (χ1) is 10.8. The van der Waals surface area contributed by atoms with Gasteiger partial charge in [0, 0.05) is 11.7 Å². The number of hydrogen-bond acceptors (Lipinski definition) is 1. The summed E-state index contributed by atoms with van der Waals surface area (Å²) in [5, 5.41) is 3.83. The normalized spacial score (nSPS) is 24.1. The molecule has 1 aromatic carbocycles. The second kappa shape index (κ2) is 7.73. The first-order valence-corrected chi connectivity index (χ1v) is 9.70. The fourth-order valence-electron chi connectivity index (χ4n) is 4.57. The molecule has 2 atom stereocenters. The molecule has 1 aliphatic heterocycles. The molecule has 0 bridgehead atoms. The van der Waals surface area contributed by atoms with Gasteiger partial charge < -0.3 is 5.32 Å². The minimum absolute atomic E-state index is 0.300. The lowest BCUT2D eigenvalue weighted by atomic mass is 9.65. The third-order valence-electron chi connectivity index (χ3n) is 5.21. The maximum Gasteiger partial charge on any atom is 0.0380 e. The second-order valence-electron chi connectivity index (χ2n) is 9.09. The maximum atomic E-state index is 3.83. The molecule has 1 aliphatic rings. The minimum atomic E-state index is 0.300. The zero-order valence-corrected chi connectivity index (χ0v) is 16.0. The average Bonchev–Trinajstić information content (AvgIpc) is 2.45. The number of para-hydroxylation sites is 1. The molecule has 0 spiro atoms. The van der Waals surface area contributed by atoms with Gasteiger partial charge in [0.2, 0.25) is 0 Å². The van der Waals surface area contributed by atoms with Crippen LogP contribution in [0, 0.1) is 5.41 Å². The van der Waals surface area contributed by atoms with E-state index in [0.717, 1.165) is 0 Å². The Bertz CT molecular complexity index is 485. The molecular formula is C22H37N. The number of anilines is 1. The fourth-order valence-corrected chi connectivity index (χ4v) is 4.57. The molecule has 1 aromatic rings. The molecule has 0 saturated heterocycles. The third kappa shape index (κ3) is 5.26. The van der Waals surface area contributed by atoms with Crippen molar-refractivity contribution in [1.29, 1.82) is 0 Å². The van der Waals surface area contributed by atoms with E-state index >= 15 is 0 Å². The Kier molecular flexibility index (Phi) is 6.17. The van der Waals surface area contributed by atoms with Crippen LogP contribution in [0.15, 0.2) is 24.3 Å². The second-order valence-corrected chi connectivity index (χ2v) is 9.09. The lowest BCUT2D eigenvalue weighted by Gasteiger charge is -2.44. The highest BCUT2D eigenvalue weighted by Gasteiger charge is 2.38. The quantitative estimate of drug-likeness (QED) is 0.538. The van der Waals surface area contributed by atoms with Crippen LogP contribution in [0.5, 0.6) is 0 Å². The first kappa shape index (κ1) is 18.4. The Morgan fingerprint density at radius 2 is 1.78 bits per heavy atom. The molecule has 0 aromatic heterocycles. The van der Waals surface area contributed by atoms with Gasteiger partial charge in [-0.2, -0.15) is 0 Å². The van der Waals surface area contributed by atoms with Crippen LogP contribution in [-0.4, -0.2) is 6.04 Å². The molecule has 0 aliphatic carbocycles. The predicted octanol–water partition coefficient (Wildman–Crippen LogP) is 6.93. The van der Waals surface area contributed by atoms with Crippen LogP contribution in [0.1, 0.15) is 91.5 Å². The summed E-state index contributed by atoms with van der Waals surface area (Å²) in [6.07, 6.45) is 10.7. The van der Waals surface area contributed by atoms with Gasteiger partial charge in [-0.25, -0.2) is 0 Å². The largest absolute Gasteiger partial charge is 0.382 e. The molecular weight excluding hydrogens is 278 g/mol. The topological polar surface area (TPSA) is 12.0 Å². The van der Waals surface area contributed by atoms with Crippen molar-refractivity contribution < 1.29 is 0 Å². The van der Waals surface area contributed by atoms with Gasteiger partial charge in [0.1, 0.15) is 0 Å². The van der Waals surface area contributed by atoms with E-state index in [9.17, 15) is 0 Å². The van der Waals surface area contributed by atoms with E-state index in [1.165, 1.54) is 62.6 Å². The molecule has 1 nitrogen and oxygen atoms in total. The van der Waals surface area contributed by atoms with Crippen LogP contribution in [0.4, 0.5) is 5.69 Å². The van der Waals surface area contributed by atoms with Crippen molar-refractivity contribution in [1.82, 2.24) is 0 Å². The molecule has 0 amide bonds. The highest BCUT2D eigenvalue weighted by Crippen LogP contribution is 2.46. The summed E-state index contributed by atoms with van der Waals surface area (Å²) in [7, 11) is 0. The van der Waals surface area contributed by atoms with Gasteiger partial charge in [0.05, 0.1) is 0 Å². The van der Waals surface area contributed by atoms with Gasteiger partial charge >= 0.3 is 0 Å². The van der Waals surface area contributed by atoms with Gasteiger partial charge in [0.25, 0.3) is 0 Å². The Morgan fingerprint density at radius 1 is 1.09 bits per heavy atom. The van der Waals surface area contributed by atoms with E-state index < -0.39 is 0 Å². The van der Waals surface area contributed by atoms with Crippen molar-refractivity contribution >= 4 is 5.69 Å². The Balaban J connectivity index is 2.06. The zero-order chi connectivity index (χ0) is 16.9. The average molecular weight is 316 g/mol. The molecule has 23 heavy (non-hydrogen) atoms. The lowest BCUT2D eigenvalue weighted by molar-refractivity contribution is 0.238. The third-order valence-corrected chi connectivity index (χ3v) is 5.21. The molecule has 1 N–H and O–H groups in total. The standard InChI is InChI=1S/C22H37N/c1-6-7-8-9-10-13-18-16-22(5,17-21(2,3)4)19-14-11-12-15-20(19)23-18/h11-12,14-15,18,23H,6-10,13,16-17H2,1-5H3/t18-,22+/m1/s1. The number of hydrogen-bond donors (Lipinski definition) is 1. The summed E-state index contributed by atoms with van der Waals surface area (Å²) in [5.74, 6) is 0. The van der Waals surface area contributed by atoms with Crippen molar-refractivity contribution in [3.63, 3.8) is 0 Å². The summed E-state index contributed by atoms with van der Waals surface area (Å²) in [5.41, 5.74) is 3.57. The molecule has 0 unspecified atom stereocenters. The summed E-state index contributed by atoms with van der Waals surface area (Å²) >= 11 is 0. The molecule has 1 heteroatoms. The van der Waals surface area contributed by atoms with Crippen molar-refractivity contribution in [3.8, 4) is 0 Å². The van der Waals surface area contributed by atoms with Gasteiger partial charge in [-0.05, 0) is 41.7 Å². The fraction of sp³-hybridized carbons (Fsp3) is 0.727. The number of unbranched alkanes of at least 4 members (excludes halogenated alkanes) is 4. The SMILES string of the molecule is CCCCCCC[C@@H]1C[C@@](C)(CC(C)(C)C)c2ccccc2N1. The van der Waals surface area contributed by atoms with E-state index in [1.54, 1.807) is 0 Å². The molecule has 0 saturated carbocycles. The van der Waals surface area contributed by atoms with Crippen molar-refractivity contribution in [2.75, 3.05) is 5.32 Å². The summed E-state index contributed by atoms with van der Waals surface area (Å²) in [6, 6.07) is 9.63. The highest BCUT2D eigenvalue weighted by molar-refractivity contribution is 5.57. The number of benzene rings is 1. The van der Waals surface area contributed by atoms with Crippen molar-refractivity contribution in [2.24, 2.45) is 5.41 Å². The molecule has 2 rings (SSSR count). The van der Waals surface area contributed by atoms with Gasteiger partial charge in [-0.3, -0.25) is 0 Å². The van der Waals surface area contributed by atoms with Gasteiger partial charge in [-0.1, -0.05) is 84.9 Å². The van der Waals surface area contributed by atoms with Crippen LogP contribution in [-0.2, 0) is 5.41 Å². The lowest BCUT2D eigenvalue weighted by Crippen LogP contribution is -2.40. The Hall–Kier alpha value is -0.980. The monoisotopic (exact) mass is 315 g/mol. The number of fused-ring (bicyclic) bond motifs is 1. The van der Waals surface area contributed by atoms with Crippen LogP contribution in [0.3, 0.4) is 0 Å². The van der Waals surface area contributed by atoms with E-state index in [4.69, 9.17) is 0 Å². The van der Waals surface area contributed by atoms with Crippen LogP contribution in [0.25, 0.3) is 0 Å². The van der Waals surface area contributed by atoms with Crippen LogP contribution < -0.4 is 5.32 Å². The first-order valence-electron chi connectivity index (χ1n) is 9.70. The molecule has 130 valence electrons. The van der Waals surface area contributed by atoms with E-state index in [1.807, 2.05) is 0 Å². The highest BCUT2D eigenvalue weighted by atomic mass is 14.9. The number of rotatable bonds is 7. The Morgan fingerprint density at radius 3 is 2.48 bits per heavy atom. The van der Waals surface area contributed by atoms with Crippen molar-refractivity contribution in [2.45, 2.75) is 97.4 Å². The smallest absolute Gasteiger partial charge is 0.0380 e. The van der Waals surface area contributed by atoms with Gasteiger partial charge in [-0.15, -0.1) is 0 Å². The van der Waals surface area contributed by atoms with E-state index in [0.29, 0.717) is 16.9 Å². The molecule has 1 heterocycles. The Labute approximate surface area is 144 Å². The molecule has 0 radical (unpaired) electrons. The minimum Gasteiger partial charge on any atom is -0.382 e. The van der Waals surface area contributed by atoms with E-state index in [2.05, 4.69) is 64.2 Å².